The summed E-state index contributed by atoms with van der Waals surface area (Å²) in [7, 11) is -3.76. The Morgan fingerprint density at radius 2 is 1.81 bits per heavy atom. The van der Waals surface area contributed by atoms with Crippen molar-refractivity contribution < 1.29 is 22.7 Å². The maximum absolute atomic E-state index is 12.9. The van der Waals surface area contributed by atoms with Crippen LogP contribution in [0.3, 0.4) is 0 Å². The number of ether oxygens (including phenoxy) is 1. The molecule has 1 aliphatic carbocycles. The van der Waals surface area contributed by atoms with Crippen LogP contribution in [0.1, 0.15) is 28.1 Å². The van der Waals surface area contributed by atoms with E-state index in [1.165, 1.54) is 15.9 Å². The highest BCUT2D eigenvalue weighted by Crippen LogP contribution is 2.47. The Hall–Kier alpha value is -1.88. The molecule has 1 aromatic carbocycles. The number of amides is 1. The van der Waals surface area contributed by atoms with Crippen LogP contribution in [0, 0.1) is 0 Å². The molecule has 0 unspecified atom stereocenters. The van der Waals surface area contributed by atoms with E-state index >= 15 is 0 Å². The van der Waals surface area contributed by atoms with Crippen LogP contribution in [0.4, 0.5) is 0 Å². The molecule has 1 saturated carbocycles. The molecule has 31 heavy (non-hydrogen) atoms. The maximum Gasteiger partial charge on any atom is 0.350 e. The lowest BCUT2D eigenvalue weighted by Crippen LogP contribution is -2.38. The first kappa shape index (κ1) is 22.3. The van der Waals surface area contributed by atoms with Gasteiger partial charge in [-0.25, -0.2) is 13.2 Å². The number of thiophene rings is 1. The molecule has 1 N–H and O–H groups in total. The monoisotopic (exact) mass is 480 g/mol. The number of carbonyl (C=O) groups is 2. The number of sulfonamides is 1. The summed E-state index contributed by atoms with van der Waals surface area (Å²) < 4.78 is 32.3. The van der Waals surface area contributed by atoms with Gasteiger partial charge in [0.05, 0.1) is 0 Å². The molecule has 1 aromatic heterocycles. The summed E-state index contributed by atoms with van der Waals surface area (Å²) in [6, 6.07) is 11.5. The van der Waals surface area contributed by atoms with Gasteiger partial charge in [0.15, 0.2) is 6.61 Å². The van der Waals surface area contributed by atoms with Crippen molar-refractivity contribution in [1.82, 2.24) is 9.62 Å². The molecule has 1 amide bonds. The van der Waals surface area contributed by atoms with Gasteiger partial charge in [0, 0.05) is 36.6 Å². The number of benzene rings is 1. The molecule has 4 rings (SSSR count). The Morgan fingerprint density at radius 3 is 2.48 bits per heavy atom. The molecule has 10 heteroatoms. The molecular formula is C21H24N2O5S3. The lowest BCUT2D eigenvalue weighted by atomic mass is 9.96. The van der Waals surface area contributed by atoms with Crippen LogP contribution >= 0.6 is 23.1 Å². The Labute approximate surface area is 190 Å². The number of hydrogen-bond acceptors (Lipinski definition) is 7. The van der Waals surface area contributed by atoms with Crippen molar-refractivity contribution in [3.05, 3.63) is 52.2 Å². The molecule has 0 bridgehead atoms. The van der Waals surface area contributed by atoms with Gasteiger partial charge in [-0.2, -0.15) is 16.1 Å². The fourth-order valence-electron chi connectivity index (χ4n) is 3.60. The number of hydrogen-bond donors (Lipinski definition) is 1. The molecule has 0 atom stereocenters. The van der Waals surface area contributed by atoms with Crippen LogP contribution in [0.25, 0.3) is 0 Å². The highest BCUT2D eigenvalue weighted by Gasteiger charge is 2.44. The van der Waals surface area contributed by atoms with Crippen LogP contribution < -0.4 is 5.32 Å². The zero-order chi connectivity index (χ0) is 21.9. The molecule has 2 fully saturated rings. The van der Waals surface area contributed by atoms with Crippen molar-refractivity contribution in [3.8, 4) is 0 Å². The molecule has 7 nitrogen and oxygen atoms in total. The average Bonchev–Trinajstić information content (AvgIpc) is 3.43. The maximum atomic E-state index is 12.9. The zero-order valence-corrected chi connectivity index (χ0v) is 19.4. The molecule has 2 heterocycles. The Bertz CT molecular complexity index is 1040. The first-order valence-corrected chi connectivity index (χ1v) is 13.5. The van der Waals surface area contributed by atoms with Crippen molar-refractivity contribution in [2.45, 2.75) is 23.2 Å². The highest BCUT2D eigenvalue weighted by molar-refractivity contribution is 7.99. The molecule has 2 aromatic rings. The molecule has 0 radical (unpaired) electrons. The van der Waals surface area contributed by atoms with Gasteiger partial charge < -0.3 is 10.1 Å². The summed E-state index contributed by atoms with van der Waals surface area (Å²) in [6.07, 6.45) is 2.00. The minimum atomic E-state index is -3.76. The normalized spacial score (nSPS) is 18.3. The van der Waals surface area contributed by atoms with Gasteiger partial charge in [0.25, 0.3) is 5.91 Å². The standard InChI is InChI=1S/C21H24N2O5S3/c24-18(22-15-21(7-8-21)16-4-2-1-3-5-16)14-28-20(25)19-17(6-11-30-19)31(26,27)23-9-12-29-13-10-23/h1-6,11H,7-10,12-15H2,(H,22,24). The second kappa shape index (κ2) is 9.32. The van der Waals surface area contributed by atoms with Crippen molar-refractivity contribution in [2.75, 3.05) is 37.7 Å². The third kappa shape index (κ3) is 4.97. The number of rotatable bonds is 8. The predicted octanol–water partition coefficient (Wildman–Crippen LogP) is 2.49. The molecular weight excluding hydrogens is 456 g/mol. The van der Waals surface area contributed by atoms with Crippen LogP contribution in [0.2, 0.25) is 0 Å². The summed E-state index contributed by atoms with van der Waals surface area (Å²) in [5, 5.41) is 4.39. The van der Waals surface area contributed by atoms with Gasteiger partial charge in [-0.1, -0.05) is 30.3 Å². The quantitative estimate of drug-likeness (QED) is 0.584. The number of nitrogens with zero attached hydrogens (tertiary/aromatic N) is 1. The van der Waals surface area contributed by atoms with Gasteiger partial charge in [-0.05, 0) is 29.9 Å². The van der Waals surface area contributed by atoms with Crippen molar-refractivity contribution in [2.24, 2.45) is 0 Å². The Kier molecular flexibility index (Phi) is 6.71. The topological polar surface area (TPSA) is 92.8 Å². The van der Waals surface area contributed by atoms with E-state index in [0.29, 0.717) is 19.6 Å². The SMILES string of the molecule is O=C(COC(=O)c1sccc1S(=O)(=O)N1CCSCC1)NCC1(c2ccccc2)CC1. The van der Waals surface area contributed by atoms with Gasteiger partial charge in [-0.15, -0.1) is 11.3 Å². The van der Waals surface area contributed by atoms with Crippen LogP contribution in [-0.4, -0.2) is 62.3 Å². The van der Waals surface area contributed by atoms with Crippen LogP contribution in [0.15, 0.2) is 46.7 Å². The van der Waals surface area contributed by atoms with Crippen LogP contribution in [-0.2, 0) is 25.0 Å². The Morgan fingerprint density at radius 1 is 1.10 bits per heavy atom. The fraction of sp³-hybridized carbons (Fsp3) is 0.429. The zero-order valence-electron chi connectivity index (χ0n) is 16.9. The first-order valence-electron chi connectivity index (χ1n) is 10.1. The van der Waals surface area contributed by atoms with E-state index in [1.54, 1.807) is 17.1 Å². The van der Waals surface area contributed by atoms with Gasteiger partial charge in [-0.3, -0.25) is 4.79 Å². The lowest BCUT2D eigenvalue weighted by Gasteiger charge is -2.25. The van der Waals surface area contributed by atoms with E-state index in [0.717, 1.165) is 35.7 Å². The molecule has 1 saturated heterocycles. The molecule has 1 aliphatic heterocycles. The van der Waals surface area contributed by atoms with Crippen molar-refractivity contribution in [1.29, 1.82) is 0 Å². The van der Waals surface area contributed by atoms with Crippen LogP contribution in [0.5, 0.6) is 0 Å². The molecule has 166 valence electrons. The Balaban J connectivity index is 1.32. The van der Waals surface area contributed by atoms with E-state index in [2.05, 4.69) is 17.4 Å². The van der Waals surface area contributed by atoms with Gasteiger partial charge in [0.2, 0.25) is 10.0 Å². The largest absolute Gasteiger partial charge is 0.451 e. The van der Waals surface area contributed by atoms with E-state index in [-0.39, 0.29) is 15.2 Å². The molecule has 0 spiro atoms. The van der Waals surface area contributed by atoms with E-state index in [1.807, 2.05) is 18.2 Å². The second-order valence-electron chi connectivity index (χ2n) is 7.63. The second-order valence-corrected chi connectivity index (χ2v) is 11.7. The summed E-state index contributed by atoms with van der Waals surface area (Å²) >= 11 is 2.71. The summed E-state index contributed by atoms with van der Waals surface area (Å²) in [4.78, 5) is 24.7. The van der Waals surface area contributed by atoms with Crippen molar-refractivity contribution >= 4 is 45.0 Å². The summed E-state index contributed by atoms with van der Waals surface area (Å²) in [5.74, 6) is 0.269. The number of carbonyl (C=O) groups excluding carboxylic acids is 2. The summed E-state index contributed by atoms with van der Waals surface area (Å²) in [5.41, 5.74) is 1.15. The smallest absolute Gasteiger partial charge is 0.350 e. The van der Waals surface area contributed by atoms with Gasteiger partial charge >= 0.3 is 5.97 Å². The fourth-order valence-corrected chi connectivity index (χ4v) is 7.46. The minimum Gasteiger partial charge on any atom is -0.451 e. The van der Waals surface area contributed by atoms with E-state index in [4.69, 9.17) is 4.74 Å². The number of nitrogens with one attached hydrogen (secondary N) is 1. The third-order valence-corrected chi connectivity index (χ3v) is 9.51. The van der Waals surface area contributed by atoms with Gasteiger partial charge in [0.1, 0.15) is 9.77 Å². The lowest BCUT2D eigenvalue weighted by molar-refractivity contribution is -0.124. The average molecular weight is 481 g/mol. The first-order chi connectivity index (χ1) is 14.9. The number of esters is 1. The van der Waals surface area contributed by atoms with E-state index < -0.39 is 28.5 Å². The van der Waals surface area contributed by atoms with E-state index in [9.17, 15) is 18.0 Å². The minimum absolute atomic E-state index is 0.00831. The number of thioether (sulfide) groups is 1. The molecule has 2 aliphatic rings. The van der Waals surface area contributed by atoms with Crippen molar-refractivity contribution in [3.63, 3.8) is 0 Å². The summed E-state index contributed by atoms with van der Waals surface area (Å²) in [6.45, 7) is 0.881. The third-order valence-electron chi connectivity index (χ3n) is 5.60. The predicted molar refractivity (Wildman–Crippen MR) is 121 cm³/mol. The highest BCUT2D eigenvalue weighted by atomic mass is 32.2.